The Morgan fingerprint density at radius 2 is 1.92 bits per heavy atom. The molecule has 0 N–H and O–H groups in total. The molecule has 2 aromatic rings. The third-order valence-electron chi connectivity index (χ3n) is 3.78. The Bertz CT molecular complexity index is 766. The van der Waals surface area contributed by atoms with Gasteiger partial charge >= 0.3 is 5.97 Å². The van der Waals surface area contributed by atoms with Crippen LogP contribution in [0.2, 0.25) is 5.02 Å². The third-order valence-corrected chi connectivity index (χ3v) is 4.14. The van der Waals surface area contributed by atoms with E-state index in [0.29, 0.717) is 5.02 Å². The van der Waals surface area contributed by atoms with Crippen molar-refractivity contribution in [3.05, 3.63) is 70.5 Å². The summed E-state index contributed by atoms with van der Waals surface area (Å²) in [6, 6.07) is 12.6. The molecule has 1 amide bonds. The Balaban J connectivity index is 2.29. The van der Waals surface area contributed by atoms with E-state index in [9.17, 15) is 14.0 Å². The van der Waals surface area contributed by atoms with E-state index in [4.69, 9.17) is 16.3 Å². The monoisotopic (exact) mass is 363 g/mol. The minimum Gasteiger partial charge on any atom is -0.469 e. The molecule has 132 valence electrons. The van der Waals surface area contributed by atoms with Gasteiger partial charge in [0.2, 0.25) is 0 Å². The number of amides is 1. The van der Waals surface area contributed by atoms with Crippen LogP contribution in [0.15, 0.2) is 48.5 Å². The van der Waals surface area contributed by atoms with Crippen molar-refractivity contribution in [2.45, 2.75) is 13.5 Å². The van der Waals surface area contributed by atoms with Crippen molar-refractivity contribution in [2.24, 2.45) is 5.92 Å². The normalized spacial score (nSPS) is 11.7. The first-order chi connectivity index (χ1) is 11.9. The Morgan fingerprint density at radius 1 is 1.20 bits per heavy atom. The molecule has 0 bridgehead atoms. The van der Waals surface area contributed by atoms with Crippen molar-refractivity contribution < 1.29 is 18.7 Å². The Labute approximate surface area is 151 Å². The first kappa shape index (κ1) is 18.9. The molecule has 2 rings (SSSR count). The standard InChI is InChI=1S/C19H19ClFNO3/c1-13(19(24)25-2)11-22(12-15-6-3-4-9-17(15)20)18(23)14-7-5-8-16(21)10-14/h3-10,13H,11-12H2,1-2H3. The molecule has 25 heavy (non-hydrogen) atoms. The van der Waals surface area contributed by atoms with E-state index in [1.165, 1.54) is 36.3 Å². The van der Waals surface area contributed by atoms with Crippen molar-refractivity contribution in [3.8, 4) is 0 Å². The summed E-state index contributed by atoms with van der Waals surface area (Å²) in [4.78, 5) is 26.0. The van der Waals surface area contributed by atoms with E-state index in [0.717, 1.165) is 5.56 Å². The maximum Gasteiger partial charge on any atom is 0.310 e. The lowest BCUT2D eigenvalue weighted by atomic mass is 10.1. The van der Waals surface area contributed by atoms with Crippen LogP contribution < -0.4 is 0 Å². The number of benzene rings is 2. The molecule has 0 fully saturated rings. The van der Waals surface area contributed by atoms with Crippen molar-refractivity contribution in [1.29, 1.82) is 0 Å². The fraction of sp³-hybridized carbons (Fsp3) is 0.263. The Kier molecular flexibility index (Phi) is 6.53. The number of rotatable bonds is 6. The SMILES string of the molecule is COC(=O)C(C)CN(Cc1ccccc1Cl)C(=O)c1cccc(F)c1. The number of ether oxygens (including phenoxy) is 1. The highest BCUT2D eigenvalue weighted by Crippen LogP contribution is 2.20. The minimum atomic E-state index is -0.523. The first-order valence-corrected chi connectivity index (χ1v) is 8.16. The molecule has 0 aliphatic heterocycles. The van der Waals surface area contributed by atoms with Gasteiger partial charge in [-0.15, -0.1) is 0 Å². The van der Waals surface area contributed by atoms with Gasteiger partial charge in [0.05, 0.1) is 13.0 Å². The predicted molar refractivity (Wildman–Crippen MR) is 93.8 cm³/mol. The van der Waals surface area contributed by atoms with Crippen LogP contribution in [0.5, 0.6) is 0 Å². The third kappa shape index (κ3) is 5.03. The zero-order valence-electron chi connectivity index (χ0n) is 14.0. The predicted octanol–water partition coefficient (Wildman–Crippen LogP) is 3.93. The van der Waals surface area contributed by atoms with Gasteiger partial charge in [-0.3, -0.25) is 9.59 Å². The van der Waals surface area contributed by atoms with Crippen LogP contribution in [-0.2, 0) is 16.1 Å². The number of nitrogens with zero attached hydrogens (tertiary/aromatic N) is 1. The molecule has 4 nitrogen and oxygen atoms in total. The number of methoxy groups -OCH3 is 1. The summed E-state index contributed by atoms with van der Waals surface area (Å²) in [7, 11) is 1.30. The van der Waals surface area contributed by atoms with Gasteiger partial charge in [0.15, 0.2) is 0 Å². The van der Waals surface area contributed by atoms with Crippen molar-refractivity contribution in [1.82, 2.24) is 4.90 Å². The Hall–Kier alpha value is -2.40. The average molecular weight is 364 g/mol. The second-order valence-corrected chi connectivity index (χ2v) is 6.12. The quantitative estimate of drug-likeness (QED) is 0.730. The summed E-state index contributed by atoms with van der Waals surface area (Å²) in [6.45, 7) is 2.01. The van der Waals surface area contributed by atoms with E-state index < -0.39 is 17.7 Å². The molecule has 1 unspecified atom stereocenters. The Morgan fingerprint density at radius 3 is 2.56 bits per heavy atom. The number of hydrogen-bond acceptors (Lipinski definition) is 3. The molecule has 2 aromatic carbocycles. The van der Waals surface area contributed by atoms with Gasteiger partial charge in [-0.1, -0.05) is 42.8 Å². The van der Waals surface area contributed by atoms with Crippen LogP contribution in [0.4, 0.5) is 4.39 Å². The maximum absolute atomic E-state index is 13.5. The van der Waals surface area contributed by atoms with E-state index in [1.807, 2.05) is 6.07 Å². The molecule has 6 heteroatoms. The molecule has 0 spiro atoms. The molecule has 0 aliphatic carbocycles. The van der Waals surface area contributed by atoms with Gasteiger partial charge in [-0.25, -0.2) is 4.39 Å². The number of carbonyl (C=O) groups excluding carboxylic acids is 2. The van der Waals surface area contributed by atoms with Gasteiger partial charge in [-0.05, 0) is 29.8 Å². The van der Waals surface area contributed by atoms with Crippen LogP contribution in [0.1, 0.15) is 22.8 Å². The van der Waals surface area contributed by atoms with Crippen LogP contribution in [0.3, 0.4) is 0 Å². The van der Waals surface area contributed by atoms with Crippen molar-refractivity contribution in [3.63, 3.8) is 0 Å². The second kappa shape index (κ2) is 8.62. The molecule has 0 heterocycles. The number of carbonyl (C=O) groups is 2. The largest absolute Gasteiger partial charge is 0.469 e. The van der Waals surface area contributed by atoms with E-state index in [1.54, 1.807) is 25.1 Å². The van der Waals surface area contributed by atoms with Gasteiger partial charge in [-0.2, -0.15) is 0 Å². The van der Waals surface area contributed by atoms with Gasteiger partial charge < -0.3 is 9.64 Å². The number of esters is 1. The summed E-state index contributed by atoms with van der Waals surface area (Å²) < 4.78 is 18.2. The number of halogens is 2. The van der Waals surface area contributed by atoms with Gasteiger partial charge in [0.1, 0.15) is 5.82 Å². The highest BCUT2D eigenvalue weighted by atomic mass is 35.5. The smallest absolute Gasteiger partial charge is 0.310 e. The second-order valence-electron chi connectivity index (χ2n) is 5.71. The number of hydrogen-bond donors (Lipinski definition) is 0. The summed E-state index contributed by atoms with van der Waals surface area (Å²) in [5, 5.41) is 0.519. The lowest BCUT2D eigenvalue weighted by molar-refractivity contribution is -0.145. The highest BCUT2D eigenvalue weighted by Gasteiger charge is 2.23. The molecule has 1 atom stereocenters. The van der Waals surface area contributed by atoms with E-state index in [2.05, 4.69) is 0 Å². The van der Waals surface area contributed by atoms with Crippen LogP contribution in [0, 0.1) is 11.7 Å². The van der Waals surface area contributed by atoms with E-state index in [-0.39, 0.29) is 24.6 Å². The van der Waals surface area contributed by atoms with Crippen LogP contribution >= 0.6 is 11.6 Å². The molecule has 0 aliphatic rings. The fourth-order valence-corrected chi connectivity index (χ4v) is 2.66. The van der Waals surface area contributed by atoms with Crippen LogP contribution in [-0.4, -0.2) is 30.4 Å². The highest BCUT2D eigenvalue weighted by molar-refractivity contribution is 6.31. The molecule has 0 saturated heterocycles. The zero-order chi connectivity index (χ0) is 18.4. The lowest BCUT2D eigenvalue weighted by Gasteiger charge is -2.25. The average Bonchev–Trinajstić information content (AvgIpc) is 2.61. The molecule has 0 saturated carbocycles. The lowest BCUT2D eigenvalue weighted by Crippen LogP contribution is -2.37. The van der Waals surface area contributed by atoms with Gasteiger partial charge in [0, 0.05) is 23.7 Å². The summed E-state index contributed by atoms with van der Waals surface area (Å²) in [5.74, 6) is -1.82. The fourth-order valence-electron chi connectivity index (χ4n) is 2.46. The molecular formula is C19H19ClFNO3. The summed E-state index contributed by atoms with van der Waals surface area (Å²) in [5.41, 5.74) is 0.954. The molecular weight excluding hydrogens is 345 g/mol. The summed E-state index contributed by atoms with van der Waals surface area (Å²) >= 11 is 6.18. The van der Waals surface area contributed by atoms with Crippen LogP contribution in [0.25, 0.3) is 0 Å². The molecule has 0 aromatic heterocycles. The first-order valence-electron chi connectivity index (χ1n) is 7.78. The van der Waals surface area contributed by atoms with E-state index >= 15 is 0 Å². The minimum absolute atomic E-state index is 0.132. The van der Waals surface area contributed by atoms with Crippen molar-refractivity contribution in [2.75, 3.05) is 13.7 Å². The topological polar surface area (TPSA) is 46.6 Å². The van der Waals surface area contributed by atoms with Gasteiger partial charge in [0.25, 0.3) is 5.91 Å². The summed E-state index contributed by atoms with van der Waals surface area (Å²) in [6.07, 6.45) is 0. The molecule has 0 radical (unpaired) electrons. The van der Waals surface area contributed by atoms with Crippen molar-refractivity contribution >= 4 is 23.5 Å². The zero-order valence-corrected chi connectivity index (χ0v) is 14.8. The maximum atomic E-state index is 13.5.